The number of aliphatic hydroxyl groups excluding tert-OH is 1. The number of rotatable bonds is 8. The first kappa shape index (κ1) is 16.4. The smallest absolute Gasteiger partial charge is 0.188 e. The van der Waals surface area contributed by atoms with Gasteiger partial charge in [-0.15, -0.1) is 0 Å². The van der Waals surface area contributed by atoms with Crippen molar-refractivity contribution in [1.82, 2.24) is 5.32 Å². The standard InChI is InChI=1S/C15H24FN3O/c1-2-3-4-5-10-18-15(17)19-11-14(20)12-6-8-13(16)9-7-12/h6-9,14,20H,2-5,10-11H2,1H3,(H3,17,18,19). The normalized spacial score (nSPS) is 13.2. The van der Waals surface area contributed by atoms with Gasteiger partial charge in [0.1, 0.15) is 5.82 Å². The molecule has 5 heteroatoms. The lowest BCUT2D eigenvalue weighted by Crippen LogP contribution is -2.32. The van der Waals surface area contributed by atoms with E-state index in [0.29, 0.717) is 11.5 Å². The molecule has 0 aliphatic rings. The van der Waals surface area contributed by atoms with Crippen LogP contribution in [0, 0.1) is 5.82 Å². The molecule has 0 heterocycles. The maximum atomic E-state index is 12.8. The molecule has 0 aliphatic heterocycles. The minimum atomic E-state index is -0.768. The molecule has 0 saturated carbocycles. The Hall–Kier alpha value is -1.62. The number of halogens is 1. The monoisotopic (exact) mass is 281 g/mol. The molecule has 0 amide bonds. The van der Waals surface area contributed by atoms with Crippen LogP contribution < -0.4 is 11.1 Å². The lowest BCUT2D eigenvalue weighted by molar-refractivity contribution is 0.187. The van der Waals surface area contributed by atoms with Crippen LogP contribution in [0.2, 0.25) is 0 Å². The lowest BCUT2D eigenvalue weighted by atomic mass is 10.1. The molecule has 1 aromatic carbocycles. The zero-order valence-corrected chi connectivity index (χ0v) is 12.0. The third-order valence-corrected chi connectivity index (χ3v) is 3.03. The van der Waals surface area contributed by atoms with E-state index < -0.39 is 6.10 Å². The van der Waals surface area contributed by atoms with Crippen LogP contribution in [-0.2, 0) is 0 Å². The van der Waals surface area contributed by atoms with Gasteiger partial charge in [0.05, 0.1) is 12.6 Å². The number of aliphatic imine (C=N–C) groups is 1. The molecule has 1 unspecified atom stereocenters. The molecule has 4 N–H and O–H groups in total. The first-order valence-electron chi connectivity index (χ1n) is 7.10. The van der Waals surface area contributed by atoms with Gasteiger partial charge in [0, 0.05) is 6.54 Å². The fraction of sp³-hybridized carbons (Fsp3) is 0.533. The molecule has 1 rings (SSSR count). The van der Waals surface area contributed by atoms with Crippen molar-refractivity contribution >= 4 is 5.96 Å². The molecular formula is C15H24FN3O. The van der Waals surface area contributed by atoms with Gasteiger partial charge in [-0.2, -0.15) is 0 Å². The van der Waals surface area contributed by atoms with Gasteiger partial charge in [0.15, 0.2) is 5.96 Å². The molecule has 0 aromatic heterocycles. The number of nitrogens with one attached hydrogen (secondary N) is 1. The van der Waals surface area contributed by atoms with Gasteiger partial charge in [0.2, 0.25) is 0 Å². The number of nitrogens with zero attached hydrogens (tertiary/aromatic N) is 1. The number of guanidine groups is 1. The minimum absolute atomic E-state index is 0.166. The number of aliphatic hydroxyl groups is 1. The maximum absolute atomic E-state index is 12.8. The summed E-state index contributed by atoms with van der Waals surface area (Å²) in [6.07, 6.45) is 3.89. The van der Waals surface area contributed by atoms with Gasteiger partial charge in [-0.1, -0.05) is 38.3 Å². The van der Waals surface area contributed by atoms with Gasteiger partial charge in [-0.25, -0.2) is 4.39 Å². The van der Waals surface area contributed by atoms with E-state index in [1.165, 1.54) is 31.4 Å². The summed E-state index contributed by atoms with van der Waals surface area (Å²) >= 11 is 0. The second kappa shape index (κ2) is 9.31. The fourth-order valence-electron chi connectivity index (χ4n) is 1.80. The lowest BCUT2D eigenvalue weighted by Gasteiger charge is -2.09. The highest BCUT2D eigenvalue weighted by molar-refractivity contribution is 5.77. The van der Waals surface area contributed by atoms with Crippen LogP contribution >= 0.6 is 0 Å². The van der Waals surface area contributed by atoms with Gasteiger partial charge in [-0.05, 0) is 24.1 Å². The summed E-state index contributed by atoms with van der Waals surface area (Å²) in [7, 11) is 0. The molecule has 0 saturated heterocycles. The van der Waals surface area contributed by atoms with Gasteiger partial charge in [-0.3, -0.25) is 4.99 Å². The molecule has 0 spiro atoms. The predicted octanol–water partition coefficient (Wildman–Crippen LogP) is 2.34. The Balaban J connectivity index is 2.29. The summed E-state index contributed by atoms with van der Waals surface area (Å²) in [5.74, 6) is 0.0142. The van der Waals surface area contributed by atoms with Crippen molar-refractivity contribution < 1.29 is 9.50 Å². The highest BCUT2D eigenvalue weighted by atomic mass is 19.1. The number of benzene rings is 1. The number of unbranched alkanes of at least 4 members (excludes halogenated alkanes) is 3. The predicted molar refractivity (Wildman–Crippen MR) is 80.0 cm³/mol. The van der Waals surface area contributed by atoms with Crippen LogP contribution in [0.25, 0.3) is 0 Å². The van der Waals surface area contributed by atoms with E-state index in [9.17, 15) is 9.50 Å². The van der Waals surface area contributed by atoms with Crippen LogP contribution in [0.15, 0.2) is 29.3 Å². The van der Waals surface area contributed by atoms with Crippen LogP contribution in [-0.4, -0.2) is 24.2 Å². The van der Waals surface area contributed by atoms with Crippen LogP contribution in [0.4, 0.5) is 4.39 Å². The van der Waals surface area contributed by atoms with E-state index in [1.54, 1.807) is 12.1 Å². The maximum Gasteiger partial charge on any atom is 0.188 e. The van der Waals surface area contributed by atoms with E-state index in [4.69, 9.17) is 5.73 Å². The molecule has 112 valence electrons. The van der Waals surface area contributed by atoms with E-state index >= 15 is 0 Å². The largest absolute Gasteiger partial charge is 0.386 e. The highest BCUT2D eigenvalue weighted by Gasteiger charge is 2.06. The van der Waals surface area contributed by atoms with Crippen molar-refractivity contribution in [3.05, 3.63) is 35.6 Å². The average molecular weight is 281 g/mol. The fourth-order valence-corrected chi connectivity index (χ4v) is 1.80. The molecule has 4 nitrogen and oxygen atoms in total. The van der Waals surface area contributed by atoms with Crippen molar-refractivity contribution in [2.45, 2.75) is 38.7 Å². The summed E-state index contributed by atoms with van der Waals surface area (Å²) in [6.45, 7) is 3.13. The molecule has 0 fully saturated rings. The SMILES string of the molecule is CCCCCCNC(N)=NCC(O)c1ccc(F)cc1. The van der Waals surface area contributed by atoms with E-state index in [-0.39, 0.29) is 12.4 Å². The third-order valence-electron chi connectivity index (χ3n) is 3.03. The molecule has 0 radical (unpaired) electrons. The zero-order chi connectivity index (χ0) is 14.8. The van der Waals surface area contributed by atoms with Crippen LogP contribution in [0.3, 0.4) is 0 Å². The Morgan fingerprint density at radius 2 is 2.00 bits per heavy atom. The Kier molecular flexibility index (Phi) is 7.65. The highest BCUT2D eigenvalue weighted by Crippen LogP contribution is 2.13. The first-order chi connectivity index (χ1) is 9.63. The molecule has 0 bridgehead atoms. The second-order valence-corrected chi connectivity index (χ2v) is 4.78. The van der Waals surface area contributed by atoms with Crippen molar-refractivity contribution in [3.63, 3.8) is 0 Å². The first-order valence-corrected chi connectivity index (χ1v) is 7.10. The summed E-state index contributed by atoms with van der Waals surface area (Å²) in [6, 6.07) is 5.73. The molecule has 20 heavy (non-hydrogen) atoms. The van der Waals surface area contributed by atoms with Crippen molar-refractivity contribution in [2.75, 3.05) is 13.1 Å². The van der Waals surface area contributed by atoms with Crippen LogP contribution in [0.1, 0.15) is 44.3 Å². The number of hydrogen-bond acceptors (Lipinski definition) is 2. The average Bonchev–Trinajstić information content (AvgIpc) is 2.45. The van der Waals surface area contributed by atoms with Crippen molar-refractivity contribution in [3.8, 4) is 0 Å². The Morgan fingerprint density at radius 3 is 2.65 bits per heavy atom. The van der Waals surface area contributed by atoms with Gasteiger partial charge >= 0.3 is 0 Å². The quantitative estimate of drug-likeness (QED) is 0.389. The molecule has 0 aliphatic carbocycles. The Bertz CT molecular complexity index is 406. The summed E-state index contributed by atoms with van der Waals surface area (Å²) in [5.41, 5.74) is 6.34. The summed E-state index contributed by atoms with van der Waals surface area (Å²) in [5, 5.41) is 12.9. The third kappa shape index (κ3) is 6.52. The second-order valence-electron chi connectivity index (χ2n) is 4.78. The summed E-state index contributed by atoms with van der Waals surface area (Å²) < 4.78 is 12.8. The molecule has 1 aromatic rings. The van der Waals surface area contributed by atoms with E-state index in [1.807, 2.05) is 0 Å². The molecular weight excluding hydrogens is 257 g/mol. The Labute approximate surface area is 119 Å². The van der Waals surface area contributed by atoms with Crippen LogP contribution in [0.5, 0.6) is 0 Å². The van der Waals surface area contributed by atoms with E-state index in [0.717, 1.165) is 13.0 Å². The van der Waals surface area contributed by atoms with E-state index in [2.05, 4.69) is 17.2 Å². The zero-order valence-electron chi connectivity index (χ0n) is 12.0. The van der Waals surface area contributed by atoms with Gasteiger partial charge in [0.25, 0.3) is 0 Å². The van der Waals surface area contributed by atoms with Crippen molar-refractivity contribution in [2.24, 2.45) is 10.7 Å². The van der Waals surface area contributed by atoms with Crippen molar-refractivity contribution in [1.29, 1.82) is 0 Å². The Morgan fingerprint density at radius 1 is 1.30 bits per heavy atom. The minimum Gasteiger partial charge on any atom is -0.386 e. The van der Waals surface area contributed by atoms with Gasteiger partial charge < -0.3 is 16.2 Å². The number of nitrogens with two attached hydrogens (primary N) is 1. The topological polar surface area (TPSA) is 70.6 Å². The number of hydrogen-bond donors (Lipinski definition) is 3. The summed E-state index contributed by atoms with van der Waals surface area (Å²) in [4.78, 5) is 4.08. The molecule has 1 atom stereocenters.